The maximum Gasteiger partial charge on any atom is 0.327 e. The summed E-state index contributed by atoms with van der Waals surface area (Å²) in [6, 6.07) is 8.82. The van der Waals surface area contributed by atoms with Gasteiger partial charge in [0.15, 0.2) is 0 Å². The number of hydrogen-bond acceptors (Lipinski definition) is 5. The van der Waals surface area contributed by atoms with Crippen LogP contribution in [0.2, 0.25) is 0 Å². The number of rotatable bonds is 9. The number of nitrogens with zero attached hydrogens (tertiary/aromatic N) is 1. The van der Waals surface area contributed by atoms with Gasteiger partial charge in [0.2, 0.25) is 0 Å². The molecule has 0 aromatic heterocycles. The minimum atomic E-state index is -0.553. The Balaban J connectivity index is 2.60. The van der Waals surface area contributed by atoms with E-state index < -0.39 is 12.1 Å². The van der Waals surface area contributed by atoms with Crippen molar-refractivity contribution < 1.29 is 14.6 Å². The fourth-order valence-electron chi connectivity index (χ4n) is 2.20. The van der Waals surface area contributed by atoms with Crippen LogP contribution in [0.3, 0.4) is 0 Å². The van der Waals surface area contributed by atoms with Gasteiger partial charge in [-0.2, -0.15) is 0 Å². The van der Waals surface area contributed by atoms with Crippen molar-refractivity contribution in [3.8, 4) is 0 Å². The second-order valence-corrected chi connectivity index (χ2v) is 4.91. The van der Waals surface area contributed by atoms with Crippen LogP contribution in [0.25, 0.3) is 0 Å². The Hall–Kier alpha value is -1.43. The maximum absolute atomic E-state index is 11.9. The lowest BCUT2D eigenvalue weighted by molar-refractivity contribution is -0.143. The number of ether oxygens (including phenoxy) is 1. The van der Waals surface area contributed by atoms with Gasteiger partial charge in [-0.1, -0.05) is 44.2 Å². The number of esters is 1. The molecule has 0 aliphatic rings. The van der Waals surface area contributed by atoms with Crippen molar-refractivity contribution in [1.82, 2.24) is 10.2 Å². The smallest absolute Gasteiger partial charge is 0.327 e. The number of nitrogens with one attached hydrogen (secondary N) is 1. The third-order valence-corrected chi connectivity index (χ3v) is 3.49. The molecular weight excluding hydrogens is 268 g/mol. The second-order valence-electron chi connectivity index (χ2n) is 4.91. The van der Waals surface area contributed by atoms with Crippen LogP contribution in [0.1, 0.15) is 25.5 Å². The third kappa shape index (κ3) is 5.83. The van der Waals surface area contributed by atoms with E-state index in [2.05, 4.69) is 24.1 Å². The van der Waals surface area contributed by atoms with E-state index in [1.165, 1.54) is 7.11 Å². The van der Waals surface area contributed by atoms with Crippen molar-refractivity contribution in [2.45, 2.75) is 26.0 Å². The Morgan fingerprint density at radius 2 is 1.90 bits per heavy atom. The summed E-state index contributed by atoms with van der Waals surface area (Å²) in [7, 11) is 1.37. The largest absolute Gasteiger partial charge is 0.468 e. The van der Waals surface area contributed by atoms with Crippen molar-refractivity contribution in [1.29, 1.82) is 0 Å². The first-order valence-electron chi connectivity index (χ1n) is 7.38. The molecule has 0 saturated carbocycles. The summed E-state index contributed by atoms with van der Waals surface area (Å²) in [6.07, 6.45) is -0.527. The topological polar surface area (TPSA) is 61.8 Å². The zero-order valence-electron chi connectivity index (χ0n) is 13.1. The molecular formula is C16H26N2O3. The van der Waals surface area contributed by atoms with Gasteiger partial charge >= 0.3 is 5.97 Å². The Morgan fingerprint density at radius 3 is 2.43 bits per heavy atom. The molecule has 5 nitrogen and oxygen atoms in total. The molecule has 0 saturated heterocycles. The zero-order chi connectivity index (χ0) is 15.7. The Labute approximate surface area is 126 Å². The molecule has 0 heterocycles. The fraction of sp³-hybridized carbons (Fsp3) is 0.562. The molecule has 0 spiro atoms. The van der Waals surface area contributed by atoms with E-state index in [4.69, 9.17) is 4.74 Å². The molecule has 0 fully saturated rings. The molecule has 2 N–H and O–H groups in total. The van der Waals surface area contributed by atoms with Crippen molar-refractivity contribution in [3.05, 3.63) is 35.9 Å². The van der Waals surface area contributed by atoms with E-state index in [0.717, 1.165) is 18.7 Å². The van der Waals surface area contributed by atoms with Gasteiger partial charge in [0.1, 0.15) is 6.04 Å². The first-order valence-corrected chi connectivity index (χ1v) is 7.38. The van der Waals surface area contributed by atoms with Crippen LogP contribution in [0, 0.1) is 0 Å². The highest BCUT2D eigenvalue weighted by molar-refractivity contribution is 5.77. The quantitative estimate of drug-likeness (QED) is 0.670. The molecule has 1 aromatic rings. The van der Waals surface area contributed by atoms with E-state index in [9.17, 15) is 9.90 Å². The lowest BCUT2D eigenvalue weighted by atomic mass is 10.1. The minimum Gasteiger partial charge on any atom is -0.468 e. The minimum absolute atomic E-state index is 0.338. The summed E-state index contributed by atoms with van der Waals surface area (Å²) in [5.74, 6) is -0.351. The summed E-state index contributed by atoms with van der Waals surface area (Å²) >= 11 is 0. The number of methoxy groups -OCH3 is 1. The van der Waals surface area contributed by atoms with E-state index in [1.807, 2.05) is 30.3 Å². The predicted molar refractivity (Wildman–Crippen MR) is 83.0 cm³/mol. The van der Waals surface area contributed by atoms with Crippen LogP contribution in [-0.2, 0) is 9.53 Å². The highest BCUT2D eigenvalue weighted by Gasteiger charge is 2.22. The maximum atomic E-state index is 11.9. The van der Waals surface area contributed by atoms with E-state index in [1.54, 1.807) is 0 Å². The summed E-state index contributed by atoms with van der Waals surface area (Å²) in [4.78, 5) is 14.0. The summed E-state index contributed by atoms with van der Waals surface area (Å²) < 4.78 is 4.83. The molecule has 2 atom stereocenters. The Morgan fingerprint density at radius 1 is 1.29 bits per heavy atom. The predicted octanol–water partition coefficient (Wildman–Crippen LogP) is 1.19. The average molecular weight is 294 g/mol. The molecule has 2 unspecified atom stereocenters. The summed E-state index contributed by atoms with van der Waals surface area (Å²) in [5.41, 5.74) is 0.833. The molecule has 0 aliphatic heterocycles. The van der Waals surface area contributed by atoms with Gasteiger partial charge < -0.3 is 14.7 Å². The molecule has 5 heteroatoms. The van der Waals surface area contributed by atoms with Gasteiger partial charge in [-0.05, 0) is 18.7 Å². The van der Waals surface area contributed by atoms with E-state index in [0.29, 0.717) is 13.1 Å². The standard InChI is InChI=1S/C16H26N2O3/c1-4-18(5-2)12-14(19)11-17-15(16(20)21-3)13-9-7-6-8-10-13/h6-10,14-15,17,19H,4-5,11-12H2,1-3H3. The molecule has 1 aromatic carbocycles. The number of aliphatic hydroxyl groups is 1. The highest BCUT2D eigenvalue weighted by Crippen LogP contribution is 2.14. The van der Waals surface area contributed by atoms with Gasteiger partial charge in [0.25, 0.3) is 0 Å². The number of benzene rings is 1. The molecule has 118 valence electrons. The number of aliphatic hydroxyl groups excluding tert-OH is 1. The summed E-state index contributed by atoms with van der Waals surface area (Å²) in [6.45, 7) is 6.84. The van der Waals surface area contributed by atoms with Crippen LogP contribution in [0.15, 0.2) is 30.3 Å². The zero-order valence-corrected chi connectivity index (χ0v) is 13.1. The van der Waals surface area contributed by atoms with Gasteiger partial charge in [-0.3, -0.25) is 5.32 Å². The Kier molecular flexibility index (Phi) is 7.97. The number of hydrogen-bond donors (Lipinski definition) is 2. The van der Waals surface area contributed by atoms with Crippen LogP contribution < -0.4 is 5.32 Å². The number of carbonyl (C=O) groups excluding carboxylic acids is 1. The molecule has 0 bridgehead atoms. The summed E-state index contributed by atoms with van der Waals surface area (Å²) in [5, 5.41) is 13.2. The molecule has 0 amide bonds. The number of carbonyl (C=O) groups is 1. The van der Waals surface area contributed by atoms with Crippen molar-refractivity contribution in [2.24, 2.45) is 0 Å². The van der Waals surface area contributed by atoms with Crippen LogP contribution in [0.5, 0.6) is 0 Å². The van der Waals surface area contributed by atoms with Gasteiger partial charge in [0.05, 0.1) is 13.2 Å². The van der Waals surface area contributed by atoms with Gasteiger partial charge in [-0.25, -0.2) is 4.79 Å². The van der Waals surface area contributed by atoms with Crippen molar-refractivity contribution in [3.63, 3.8) is 0 Å². The molecule has 1 rings (SSSR count). The SMILES string of the molecule is CCN(CC)CC(O)CNC(C(=O)OC)c1ccccc1. The number of likely N-dealkylation sites (N-methyl/N-ethyl adjacent to an activating group) is 1. The monoisotopic (exact) mass is 294 g/mol. The van der Waals surface area contributed by atoms with E-state index in [-0.39, 0.29) is 5.97 Å². The van der Waals surface area contributed by atoms with Crippen LogP contribution in [-0.4, -0.2) is 55.4 Å². The first kappa shape index (κ1) is 17.6. The Bertz CT molecular complexity index is 407. The van der Waals surface area contributed by atoms with Gasteiger partial charge in [0, 0.05) is 13.1 Å². The lowest BCUT2D eigenvalue weighted by Gasteiger charge is -2.24. The van der Waals surface area contributed by atoms with Crippen molar-refractivity contribution >= 4 is 5.97 Å². The fourth-order valence-corrected chi connectivity index (χ4v) is 2.20. The lowest BCUT2D eigenvalue weighted by Crippen LogP contribution is -2.41. The molecule has 0 aliphatic carbocycles. The van der Waals surface area contributed by atoms with E-state index >= 15 is 0 Å². The third-order valence-electron chi connectivity index (χ3n) is 3.49. The van der Waals surface area contributed by atoms with Crippen molar-refractivity contribution in [2.75, 3.05) is 33.3 Å². The molecule has 21 heavy (non-hydrogen) atoms. The van der Waals surface area contributed by atoms with Gasteiger partial charge in [-0.15, -0.1) is 0 Å². The highest BCUT2D eigenvalue weighted by atomic mass is 16.5. The van der Waals surface area contributed by atoms with Crippen LogP contribution in [0.4, 0.5) is 0 Å². The van der Waals surface area contributed by atoms with Crippen LogP contribution >= 0.6 is 0 Å². The second kappa shape index (κ2) is 9.50. The average Bonchev–Trinajstić information content (AvgIpc) is 2.53. The first-order chi connectivity index (χ1) is 10.1. The normalized spacial score (nSPS) is 14.0. The molecule has 0 radical (unpaired) electrons.